The first-order valence-corrected chi connectivity index (χ1v) is 18.2. The summed E-state index contributed by atoms with van der Waals surface area (Å²) in [5.41, 5.74) is 0.858. The minimum atomic E-state index is -1.29. The van der Waals surface area contributed by atoms with Gasteiger partial charge in [0.1, 0.15) is 30.4 Å². The van der Waals surface area contributed by atoms with Gasteiger partial charge in [-0.25, -0.2) is 4.68 Å². The van der Waals surface area contributed by atoms with E-state index in [9.17, 15) is 24.3 Å². The molecule has 0 saturated carbocycles. The molecule has 3 aromatic rings. The third-order valence-electron chi connectivity index (χ3n) is 10.0. The molecule has 0 aliphatic carbocycles. The second kappa shape index (κ2) is 15.9. The topological polar surface area (TPSA) is 156 Å². The number of alkyl halides is 1. The van der Waals surface area contributed by atoms with Crippen molar-refractivity contribution in [3.8, 4) is 0 Å². The van der Waals surface area contributed by atoms with E-state index in [0.29, 0.717) is 31.2 Å². The van der Waals surface area contributed by atoms with Crippen LogP contribution in [-0.2, 0) is 35.3 Å². The Kier molecular flexibility index (Phi) is 11.3. The fourth-order valence-electron chi connectivity index (χ4n) is 7.72. The summed E-state index contributed by atoms with van der Waals surface area (Å²) in [6.07, 6.45) is 4.42. The van der Waals surface area contributed by atoms with E-state index in [1.54, 1.807) is 21.7 Å². The Bertz CT molecular complexity index is 1770. The molecule has 2 N–H and O–H groups in total. The number of nitrogens with one attached hydrogen (secondary N) is 1. The van der Waals surface area contributed by atoms with Crippen LogP contribution in [0.15, 0.2) is 79.9 Å². The summed E-state index contributed by atoms with van der Waals surface area (Å²) in [5.74, 6) is -3.41. The number of rotatable bonds is 17. The van der Waals surface area contributed by atoms with Crippen molar-refractivity contribution in [2.24, 2.45) is 11.8 Å². The van der Waals surface area contributed by atoms with E-state index in [2.05, 4.69) is 44.7 Å². The number of carbonyl (C=O) groups excluding carboxylic acids is 4. The van der Waals surface area contributed by atoms with Gasteiger partial charge in [0.25, 0.3) is 0 Å². The van der Waals surface area contributed by atoms with Crippen LogP contribution in [0.5, 0.6) is 0 Å². The Balaban J connectivity index is 1.31. The number of fused-ring (bicyclic) bond motifs is 2. The summed E-state index contributed by atoms with van der Waals surface area (Å²) in [4.78, 5) is 58.9. The van der Waals surface area contributed by atoms with Gasteiger partial charge in [-0.05, 0) is 43.4 Å². The molecule has 3 amide bonds. The maximum Gasteiger partial charge on any atom is 0.306 e. The van der Waals surface area contributed by atoms with E-state index >= 15 is 0 Å². The van der Waals surface area contributed by atoms with Crippen molar-refractivity contribution in [1.82, 2.24) is 30.1 Å². The lowest BCUT2D eigenvalue weighted by Gasteiger charge is -2.37. The van der Waals surface area contributed by atoms with Gasteiger partial charge in [-0.3, -0.25) is 19.2 Å². The highest BCUT2D eigenvalue weighted by Crippen LogP contribution is 2.60. The molecule has 2 bridgehead atoms. The maximum absolute atomic E-state index is 14.8. The second-order valence-electron chi connectivity index (χ2n) is 13.2. The van der Waals surface area contributed by atoms with Crippen molar-refractivity contribution in [3.63, 3.8) is 0 Å². The van der Waals surface area contributed by atoms with Crippen molar-refractivity contribution in [2.75, 3.05) is 26.3 Å². The lowest BCUT2D eigenvalue weighted by Crippen LogP contribution is -2.57. The zero-order valence-corrected chi connectivity index (χ0v) is 29.9. The Morgan fingerprint density at radius 2 is 1.90 bits per heavy atom. The van der Waals surface area contributed by atoms with Crippen LogP contribution in [0, 0.1) is 11.8 Å². The van der Waals surface area contributed by atoms with Gasteiger partial charge in [0.15, 0.2) is 0 Å². The maximum atomic E-state index is 14.8. The largest absolute Gasteiger partial charge is 0.463 e. The molecule has 0 radical (unpaired) electrons. The molecule has 6 rings (SSSR count). The molecule has 51 heavy (non-hydrogen) atoms. The molecule has 1 aromatic heterocycles. The standard InChI is InChI=1S/C37H43BrN6O7/c1-3-5-17-29(46)50-22-27(24-13-7-6-8-14-24)39-34(47)30-31-35(48)43(19-11-12-20-45)33(37(31)21-25(38)32(30)51-37)36(49)42(18-4-2)23-44-28-16-10-9-15-26(28)40-41-44/h3-4,6-10,13-16,25,27,30-33,45H,1-2,5,11-12,17-23H2,(H,39,47)/t25?,27-,30-,31+,32-,33-,37+/m0/s1. The first-order valence-electron chi connectivity index (χ1n) is 17.3. The number of carbonyl (C=O) groups is 4. The van der Waals surface area contributed by atoms with E-state index in [0.717, 1.165) is 11.1 Å². The van der Waals surface area contributed by atoms with Crippen LogP contribution in [-0.4, -0.2) is 102 Å². The fraction of sp³-hybridized carbons (Fsp3) is 0.459. The monoisotopic (exact) mass is 762 g/mol. The number of aliphatic hydroxyl groups is 1. The number of esters is 1. The molecular weight excluding hydrogens is 720 g/mol. The minimum absolute atomic E-state index is 0.0522. The van der Waals surface area contributed by atoms with E-state index in [-0.39, 0.29) is 56.0 Å². The second-order valence-corrected chi connectivity index (χ2v) is 14.4. The summed E-state index contributed by atoms with van der Waals surface area (Å²) in [7, 11) is 0. The smallest absolute Gasteiger partial charge is 0.306 e. The number of allylic oxidation sites excluding steroid dienone is 1. The molecule has 1 unspecified atom stereocenters. The number of halogens is 1. The number of likely N-dealkylation sites (tertiary alicyclic amines) is 1. The third kappa shape index (κ3) is 7.09. The summed E-state index contributed by atoms with van der Waals surface area (Å²) in [6.45, 7) is 7.77. The van der Waals surface area contributed by atoms with Crippen molar-refractivity contribution >= 4 is 50.7 Å². The van der Waals surface area contributed by atoms with Gasteiger partial charge < -0.3 is 29.7 Å². The highest BCUT2D eigenvalue weighted by atomic mass is 79.9. The predicted molar refractivity (Wildman–Crippen MR) is 191 cm³/mol. The van der Waals surface area contributed by atoms with Gasteiger partial charge in [0.2, 0.25) is 17.7 Å². The molecule has 7 atom stereocenters. The van der Waals surface area contributed by atoms with Gasteiger partial charge in [0.05, 0.1) is 29.5 Å². The third-order valence-corrected chi connectivity index (χ3v) is 10.8. The number of benzene rings is 2. The zero-order chi connectivity index (χ0) is 36.1. The highest BCUT2D eigenvalue weighted by Gasteiger charge is 2.76. The fourth-order valence-corrected chi connectivity index (χ4v) is 8.66. The van der Waals surface area contributed by atoms with E-state index in [1.807, 2.05) is 54.6 Å². The number of nitrogens with zero attached hydrogens (tertiary/aromatic N) is 5. The first-order chi connectivity index (χ1) is 24.7. The number of unbranched alkanes of at least 4 members (excludes halogenated alkanes) is 1. The van der Waals surface area contributed by atoms with Crippen LogP contribution in [0.3, 0.4) is 0 Å². The SMILES string of the molecule is C=CCCC(=O)OC[C@H](NC(=O)[C@@H]1[C@H]2O[C@@]3(CC2Br)[C@H](C(=O)N(CC=C)Cn2nnc4ccccc42)N(CCCCO)C(=O)[C@@H]13)c1ccccc1. The van der Waals surface area contributed by atoms with Gasteiger partial charge in [0, 0.05) is 30.9 Å². The molecule has 3 aliphatic heterocycles. The van der Waals surface area contributed by atoms with Crippen LogP contribution in [0.1, 0.15) is 43.7 Å². The molecule has 13 nitrogen and oxygen atoms in total. The number of aliphatic hydroxyl groups excluding tert-OH is 1. The van der Waals surface area contributed by atoms with Crippen molar-refractivity contribution < 1.29 is 33.8 Å². The molecule has 4 heterocycles. The predicted octanol–water partition coefficient (Wildman–Crippen LogP) is 3.29. The van der Waals surface area contributed by atoms with Crippen molar-refractivity contribution in [3.05, 3.63) is 85.5 Å². The Hall–Kier alpha value is -4.40. The number of ether oxygens (including phenoxy) is 2. The summed E-state index contributed by atoms with van der Waals surface area (Å²) in [5, 5.41) is 21.1. The van der Waals surface area contributed by atoms with E-state index in [4.69, 9.17) is 9.47 Å². The van der Waals surface area contributed by atoms with E-state index in [1.165, 1.54) is 4.90 Å². The molecule has 3 aliphatic rings. The van der Waals surface area contributed by atoms with E-state index < -0.39 is 47.5 Å². The van der Waals surface area contributed by atoms with Gasteiger partial charge in [-0.2, -0.15) is 0 Å². The normalized spacial score (nSPS) is 25.4. The number of aromatic nitrogens is 3. The molecule has 14 heteroatoms. The Morgan fingerprint density at radius 1 is 1.14 bits per heavy atom. The lowest BCUT2D eigenvalue weighted by atomic mass is 9.70. The quantitative estimate of drug-likeness (QED) is 0.0913. The molecule has 3 fully saturated rings. The lowest BCUT2D eigenvalue weighted by molar-refractivity contribution is -0.149. The van der Waals surface area contributed by atoms with Crippen LogP contribution >= 0.6 is 15.9 Å². The van der Waals surface area contributed by atoms with Crippen molar-refractivity contribution in [2.45, 2.75) is 67.4 Å². The Morgan fingerprint density at radius 3 is 2.65 bits per heavy atom. The molecule has 2 aromatic carbocycles. The molecule has 3 saturated heterocycles. The highest BCUT2D eigenvalue weighted by molar-refractivity contribution is 9.09. The first kappa shape index (κ1) is 36.4. The average Bonchev–Trinajstić information content (AvgIpc) is 3.86. The molecule has 1 spiro atoms. The van der Waals surface area contributed by atoms with Crippen LogP contribution in [0.2, 0.25) is 0 Å². The summed E-state index contributed by atoms with van der Waals surface area (Å²) >= 11 is 3.74. The average molecular weight is 764 g/mol. The molecular formula is C37H43BrN6O7. The van der Waals surface area contributed by atoms with Gasteiger partial charge in [-0.15, -0.1) is 18.3 Å². The number of hydrogen-bond donors (Lipinski definition) is 2. The van der Waals surface area contributed by atoms with Crippen molar-refractivity contribution in [1.29, 1.82) is 0 Å². The van der Waals surface area contributed by atoms with Crippen LogP contribution in [0.4, 0.5) is 0 Å². The minimum Gasteiger partial charge on any atom is -0.463 e. The molecule has 270 valence electrons. The van der Waals surface area contributed by atoms with Crippen LogP contribution in [0.25, 0.3) is 11.0 Å². The number of amides is 3. The van der Waals surface area contributed by atoms with Crippen LogP contribution < -0.4 is 5.32 Å². The summed E-state index contributed by atoms with van der Waals surface area (Å²) in [6, 6.07) is 14.9. The van der Waals surface area contributed by atoms with Gasteiger partial charge in [-0.1, -0.05) is 75.8 Å². The number of hydrogen-bond acceptors (Lipinski definition) is 9. The zero-order valence-electron chi connectivity index (χ0n) is 28.3. The number of para-hydroxylation sites is 1. The summed E-state index contributed by atoms with van der Waals surface area (Å²) < 4.78 is 13.9. The Labute approximate surface area is 304 Å². The van der Waals surface area contributed by atoms with Gasteiger partial charge >= 0.3 is 5.97 Å².